The van der Waals surface area contributed by atoms with Crippen LogP contribution in [0.1, 0.15) is 16.1 Å². The number of aromatic nitrogens is 4. The van der Waals surface area contributed by atoms with Crippen LogP contribution in [-0.4, -0.2) is 36.5 Å². The van der Waals surface area contributed by atoms with Gasteiger partial charge in [-0.05, 0) is 18.2 Å². The molecule has 2 N–H and O–H groups in total. The Balaban J connectivity index is 1.67. The van der Waals surface area contributed by atoms with Crippen LogP contribution in [0.3, 0.4) is 0 Å². The number of benzene rings is 1. The van der Waals surface area contributed by atoms with Crippen LogP contribution in [0.2, 0.25) is 5.02 Å². The van der Waals surface area contributed by atoms with Crippen molar-refractivity contribution in [3.05, 3.63) is 64.8 Å². The Labute approximate surface area is 151 Å². The van der Waals surface area contributed by atoms with Gasteiger partial charge in [0, 0.05) is 29.0 Å². The molecule has 1 amide bonds. The largest absolute Gasteiger partial charge is 0.480 e. The molecular weight excluding hydrogens is 365 g/mol. The predicted octanol–water partition coefficient (Wildman–Crippen LogP) is 2.26. The van der Waals surface area contributed by atoms with Crippen LogP contribution in [0.25, 0.3) is 0 Å². The molecule has 26 heavy (non-hydrogen) atoms. The zero-order chi connectivity index (χ0) is 18.7. The summed E-state index contributed by atoms with van der Waals surface area (Å²) >= 11 is 5.99. The van der Waals surface area contributed by atoms with Crippen molar-refractivity contribution >= 4 is 29.3 Å². The molecular formula is C16H13ClFN5O3. The van der Waals surface area contributed by atoms with E-state index < -0.39 is 17.7 Å². The molecule has 0 unspecified atom stereocenters. The fraction of sp³-hybridized carbons (Fsp3) is 0.125. The van der Waals surface area contributed by atoms with E-state index in [1.165, 1.54) is 29.1 Å². The third-order valence-corrected chi connectivity index (χ3v) is 3.79. The number of carbonyl (C=O) groups is 2. The van der Waals surface area contributed by atoms with Crippen molar-refractivity contribution in [3.63, 3.8) is 0 Å². The third kappa shape index (κ3) is 4.06. The molecule has 2 aromatic heterocycles. The van der Waals surface area contributed by atoms with Crippen molar-refractivity contribution < 1.29 is 19.1 Å². The van der Waals surface area contributed by atoms with Gasteiger partial charge in [-0.25, -0.2) is 4.39 Å². The summed E-state index contributed by atoms with van der Waals surface area (Å²) in [5, 5.41) is 19.5. The van der Waals surface area contributed by atoms with Gasteiger partial charge in [0.15, 0.2) is 11.5 Å². The maximum Gasteiger partial charge on any atom is 0.325 e. The van der Waals surface area contributed by atoms with Crippen molar-refractivity contribution in [1.29, 1.82) is 0 Å². The Hall–Kier alpha value is -3.20. The molecule has 1 aromatic carbocycles. The van der Waals surface area contributed by atoms with Crippen LogP contribution in [0.4, 0.5) is 10.2 Å². The zero-order valence-electron chi connectivity index (χ0n) is 13.3. The van der Waals surface area contributed by atoms with Crippen molar-refractivity contribution in [3.8, 4) is 0 Å². The van der Waals surface area contributed by atoms with E-state index in [1.54, 1.807) is 18.3 Å². The molecule has 3 aromatic rings. The van der Waals surface area contributed by atoms with E-state index in [4.69, 9.17) is 16.7 Å². The number of anilines is 1. The first-order valence-corrected chi connectivity index (χ1v) is 7.83. The predicted molar refractivity (Wildman–Crippen MR) is 90.6 cm³/mol. The SMILES string of the molecule is O=C(O)Cn1ccc(C(=O)Nc2ccn(Cc3c(F)cccc3Cl)n2)n1. The number of rotatable bonds is 6. The number of amides is 1. The van der Waals surface area contributed by atoms with Gasteiger partial charge in [-0.15, -0.1) is 0 Å². The molecule has 2 heterocycles. The van der Waals surface area contributed by atoms with E-state index in [-0.39, 0.29) is 29.6 Å². The number of hydrogen-bond acceptors (Lipinski definition) is 4. The van der Waals surface area contributed by atoms with Crippen LogP contribution < -0.4 is 5.32 Å². The van der Waals surface area contributed by atoms with Gasteiger partial charge in [-0.3, -0.25) is 19.0 Å². The van der Waals surface area contributed by atoms with E-state index in [9.17, 15) is 14.0 Å². The highest BCUT2D eigenvalue weighted by Crippen LogP contribution is 2.20. The number of nitrogens with zero attached hydrogens (tertiary/aromatic N) is 4. The summed E-state index contributed by atoms with van der Waals surface area (Å²) in [7, 11) is 0. The summed E-state index contributed by atoms with van der Waals surface area (Å²) in [6.45, 7) is -0.236. The van der Waals surface area contributed by atoms with Gasteiger partial charge in [0.25, 0.3) is 5.91 Å². The van der Waals surface area contributed by atoms with Gasteiger partial charge in [0.05, 0.1) is 6.54 Å². The van der Waals surface area contributed by atoms with Gasteiger partial charge in [-0.2, -0.15) is 10.2 Å². The third-order valence-electron chi connectivity index (χ3n) is 3.43. The maximum absolute atomic E-state index is 13.8. The summed E-state index contributed by atoms with van der Waals surface area (Å²) in [5.74, 6) is -1.80. The smallest absolute Gasteiger partial charge is 0.325 e. The van der Waals surface area contributed by atoms with E-state index in [0.29, 0.717) is 5.56 Å². The van der Waals surface area contributed by atoms with Gasteiger partial charge >= 0.3 is 5.97 Å². The van der Waals surface area contributed by atoms with Crippen LogP contribution >= 0.6 is 11.6 Å². The molecule has 0 aliphatic heterocycles. The molecule has 0 atom stereocenters. The second-order valence-electron chi connectivity index (χ2n) is 5.35. The highest BCUT2D eigenvalue weighted by atomic mass is 35.5. The standard InChI is InChI=1S/C16H13ClFN5O3/c17-11-2-1-3-12(18)10(11)8-22-7-5-14(21-22)19-16(26)13-4-6-23(20-13)9-15(24)25/h1-7H,8-9H2,(H,24,25)(H,19,21,26). The summed E-state index contributed by atoms with van der Waals surface area (Å²) in [4.78, 5) is 22.8. The van der Waals surface area contributed by atoms with Crippen molar-refractivity contribution in [2.24, 2.45) is 0 Å². The molecule has 0 saturated carbocycles. The first kappa shape index (κ1) is 17.6. The summed E-state index contributed by atoms with van der Waals surface area (Å²) in [5.41, 5.74) is 0.348. The van der Waals surface area contributed by atoms with E-state index >= 15 is 0 Å². The average Bonchev–Trinajstić information content (AvgIpc) is 3.20. The zero-order valence-corrected chi connectivity index (χ0v) is 14.0. The van der Waals surface area contributed by atoms with Gasteiger partial charge in [-0.1, -0.05) is 17.7 Å². The van der Waals surface area contributed by atoms with E-state index in [0.717, 1.165) is 4.68 Å². The Bertz CT molecular complexity index is 948. The topological polar surface area (TPSA) is 102 Å². The Morgan fingerprint density at radius 1 is 1.15 bits per heavy atom. The second-order valence-corrected chi connectivity index (χ2v) is 5.75. The minimum atomic E-state index is -1.06. The van der Waals surface area contributed by atoms with E-state index in [1.807, 2.05) is 0 Å². The monoisotopic (exact) mass is 377 g/mol. The molecule has 3 rings (SSSR count). The molecule has 0 saturated heterocycles. The molecule has 10 heteroatoms. The maximum atomic E-state index is 13.8. The number of hydrogen-bond donors (Lipinski definition) is 2. The normalized spacial score (nSPS) is 10.7. The fourth-order valence-electron chi connectivity index (χ4n) is 2.25. The molecule has 0 spiro atoms. The minimum absolute atomic E-state index is 0.0537. The second kappa shape index (κ2) is 7.36. The lowest BCUT2D eigenvalue weighted by molar-refractivity contribution is -0.137. The Morgan fingerprint density at radius 2 is 1.92 bits per heavy atom. The van der Waals surface area contributed by atoms with Crippen LogP contribution in [-0.2, 0) is 17.9 Å². The Kier molecular flexibility index (Phi) is 4.99. The first-order valence-electron chi connectivity index (χ1n) is 7.45. The lowest BCUT2D eigenvalue weighted by atomic mass is 10.2. The molecule has 0 radical (unpaired) electrons. The number of nitrogens with one attached hydrogen (secondary N) is 1. The summed E-state index contributed by atoms with van der Waals surface area (Å²) < 4.78 is 16.4. The average molecular weight is 378 g/mol. The van der Waals surface area contributed by atoms with Crippen LogP contribution in [0.15, 0.2) is 42.7 Å². The molecule has 0 bridgehead atoms. The van der Waals surface area contributed by atoms with Gasteiger partial charge in [0.1, 0.15) is 12.4 Å². The number of carboxylic acids is 1. The molecule has 0 aliphatic carbocycles. The molecule has 0 fully saturated rings. The highest BCUT2D eigenvalue weighted by Gasteiger charge is 2.13. The summed E-state index contributed by atoms with van der Waals surface area (Å²) in [6.07, 6.45) is 2.96. The van der Waals surface area contributed by atoms with Crippen molar-refractivity contribution in [2.45, 2.75) is 13.1 Å². The minimum Gasteiger partial charge on any atom is -0.480 e. The van der Waals surface area contributed by atoms with Gasteiger partial charge < -0.3 is 10.4 Å². The quantitative estimate of drug-likeness (QED) is 0.686. The van der Waals surface area contributed by atoms with Crippen molar-refractivity contribution in [1.82, 2.24) is 19.6 Å². The summed E-state index contributed by atoms with van der Waals surface area (Å²) in [6, 6.07) is 7.34. The molecule has 0 aliphatic rings. The lowest BCUT2D eigenvalue weighted by Crippen LogP contribution is -2.15. The van der Waals surface area contributed by atoms with Crippen LogP contribution in [0.5, 0.6) is 0 Å². The van der Waals surface area contributed by atoms with Crippen molar-refractivity contribution in [2.75, 3.05) is 5.32 Å². The molecule has 134 valence electrons. The van der Waals surface area contributed by atoms with Gasteiger partial charge in [0.2, 0.25) is 0 Å². The highest BCUT2D eigenvalue weighted by molar-refractivity contribution is 6.31. The number of aliphatic carboxylic acids is 1. The molecule has 8 nitrogen and oxygen atoms in total. The number of carbonyl (C=O) groups excluding carboxylic acids is 1. The number of carboxylic acid groups (broad SMARTS) is 1. The number of halogens is 2. The lowest BCUT2D eigenvalue weighted by Gasteiger charge is -2.06. The first-order chi connectivity index (χ1) is 12.4. The van der Waals surface area contributed by atoms with Crippen LogP contribution in [0, 0.1) is 5.82 Å². The fourth-order valence-corrected chi connectivity index (χ4v) is 2.47. The van der Waals surface area contributed by atoms with E-state index in [2.05, 4.69) is 15.5 Å². The Morgan fingerprint density at radius 3 is 2.65 bits per heavy atom.